The fourth-order valence-corrected chi connectivity index (χ4v) is 2.57. The first-order valence-corrected chi connectivity index (χ1v) is 8.76. The number of aliphatic hydroxyl groups is 1. The van der Waals surface area contributed by atoms with Crippen molar-refractivity contribution in [1.82, 2.24) is 0 Å². The number of rotatable bonds is 6. The van der Waals surface area contributed by atoms with E-state index in [1.54, 1.807) is 12.1 Å². The monoisotopic (exact) mass is 330 g/mol. The normalized spacial score (nSPS) is 10.1. The molecule has 0 heterocycles. The molecule has 2 aromatic carbocycles. The molecule has 0 aliphatic carbocycles. The summed E-state index contributed by atoms with van der Waals surface area (Å²) < 4.78 is 6.07. The van der Waals surface area contributed by atoms with Gasteiger partial charge in [0.1, 0.15) is 17.2 Å². The highest BCUT2D eigenvalue weighted by Gasteiger charge is 2.10. The summed E-state index contributed by atoms with van der Waals surface area (Å²) in [6.45, 7) is 10.2. The number of phenolic OH excluding ortho intramolecular Hbond substituents is 1. The van der Waals surface area contributed by atoms with Crippen molar-refractivity contribution in [3.05, 3.63) is 52.6 Å². The van der Waals surface area contributed by atoms with Gasteiger partial charge in [0.05, 0.1) is 0 Å². The summed E-state index contributed by atoms with van der Waals surface area (Å²) in [5.74, 6) is 1.90. The van der Waals surface area contributed by atoms with E-state index in [0.29, 0.717) is 0 Å². The van der Waals surface area contributed by atoms with Crippen LogP contribution in [0.5, 0.6) is 17.2 Å². The molecule has 24 heavy (non-hydrogen) atoms. The van der Waals surface area contributed by atoms with Crippen molar-refractivity contribution in [2.45, 2.75) is 53.9 Å². The van der Waals surface area contributed by atoms with E-state index in [1.807, 2.05) is 33.8 Å². The molecule has 0 spiro atoms. The number of hydrogen-bond donors (Lipinski definition) is 2. The number of ether oxygens (including phenoxy) is 1. The number of phenols is 1. The molecule has 0 saturated carbocycles. The second-order valence-electron chi connectivity index (χ2n) is 5.63. The standard InChI is InChI=1S/C19H24O3.C2H6/c1-4-16-12-15(6-5-9-20)10-14(3)19(16)22-17-7-8-18(21)13(2)11-17;1-2/h7-8,10-12,20-21H,4-6,9H2,1-3H3;1-2H3. The maximum atomic E-state index is 9.61. The SMILES string of the molecule is CC.CCc1cc(CCCO)cc(C)c1Oc1ccc(O)c(C)c1. The molecule has 0 amide bonds. The fraction of sp³-hybridized carbons (Fsp3) is 0.429. The maximum Gasteiger partial charge on any atom is 0.133 e. The number of benzene rings is 2. The molecule has 2 N–H and O–H groups in total. The Morgan fingerprint density at radius 2 is 1.71 bits per heavy atom. The van der Waals surface area contributed by atoms with Crippen LogP contribution < -0.4 is 4.74 Å². The zero-order valence-corrected chi connectivity index (χ0v) is 15.5. The number of aliphatic hydroxyl groups excluding tert-OH is 1. The first kappa shape index (κ1) is 20.0. The van der Waals surface area contributed by atoms with Crippen molar-refractivity contribution >= 4 is 0 Å². The van der Waals surface area contributed by atoms with E-state index in [1.165, 1.54) is 11.1 Å². The first-order valence-electron chi connectivity index (χ1n) is 8.76. The Balaban J connectivity index is 0.00000139. The third-order valence-electron chi connectivity index (χ3n) is 3.80. The quantitative estimate of drug-likeness (QED) is 0.754. The lowest BCUT2D eigenvalue weighted by molar-refractivity contribution is 0.288. The average molecular weight is 330 g/mol. The lowest BCUT2D eigenvalue weighted by Gasteiger charge is -2.16. The average Bonchev–Trinajstić information content (AvgIpc) is 2.59. The van der Waals surface area contributed by atoms with E-state index in [4.69, 9.17) is 9.84 Å². The lowest BCUT2D eigenvalue weighted by Crippen LogP contribution is -1.98. The number of hydrogen-bond acceptors (Lipinski definition) is 3. The van der Waals surface area contributed by atoms with E-state index in [-0.39, 0.29) is 12.4 Å². The second-order valence-corrected chi connectivity index (χ2v) is 5.63. The molecule has 0 aromatic heterocycles. The molecule has 132 valence electrons. The third-order valence-corrected chi connectivity index (χ3v) is 3.80. The largest absolute Gasteiger partial charge is 0.508 e. The van der Waals surface area contributed by atoms with Crippen LogP contribution in [0.4, 0.5) is 0 Å². The highest BCUT2D eigenvalue weighted by atomic mass is 16.5. The van der Waals surface area contributed by atoms with Crippen LogP contribution in [0.25, 0.3) is 0 Å². The molecule has 0 aliphatic rings. The van der Waals surface area contributed by atoms with Gasteiger partial charge in [-0.15, -0.1) is 0 Å². The minimum Gasteiger partial charge on any atom is -0.508 e. The van der Waals surface area contributed by atoms with Crippen LogP contribution in [-0.2, 0) is 12.8 Å². The minimum atomic E-state index is 0.214. The second kappa shape index (κ2) is 9.99. The van der Waals surface area contributed by atoms with Gasteiger partial charge in [0, 0.05) is 6.61 Å². The van der Waals surface area contributed by atoms with Crippen LogP contribution in [0.1, 0.15) is 49.4 Å². The van der Waals surface area contributed by atoms with Crippen molar-refractivity contribution in [3.63, 3.8) is 0 Å². The maximum absolute atomic E-state index is 9.61. The van der Waals surface area contributed by atoms with Gasteiger partial charge >= 0.3 is 0 Å². The summed E-state index contributed by atoms with van der Waals surface area (Å²) in [6.07, 6.45) is 2.54. The Morgan fingerprint density at radius 1 is 1.00 bits per heavy atom. The molecule has 0 bridgehead atoms. The van der Waals surface area contributed by atoms with Crippen molar-refractivity contribution in [3.8, 4) is 17.2 Å². The van der Waals surface area contributed by atoms with Gasteiger partial charge in [0.25, 0.3) is 0 Å². The predicted molar refractivity (Wildman–Crippen MR) is 100 cm³/mol. The van der Waals surface area contributed by atoms with Gasteiger partial charge in [0.2, 0.25) is 0 Å². The summed E-state index contributed by atoms with van der Waals surface area (Å²) in [4.78, 5) is 0. The van der Waals surface area contributed by atoms with E-state index in [2.05, 4.69) is 19.1 Å². The first-order chi connectivity index (χ1) is 11.5. The van der Waals surface area contributed by atoms with Crippen LogP contribution in [0.2, 0.25) is 0 Å². The Kier molecular flexibility index (Phi) is 8.34. The molecule has 0 radical (unpaired) electrons. The topological polar surface area (TPSA) is 49.7 Å². The molecule has 0 aliphatic heterocycles. The van der Waals surface area contributed by atoms with E-state index in [0.717, 1.165) is 41.9 Å². The van der Waals surface area contributed by atoms with Gasteiger partial charge in [-0.05, 0) is 73.6 Å². The van der Waals surface area contributed by atoms with Gasteiger partial charge < -0.3 is 14.9 Å². The van der Waals surface area contributed by atoms with Crippen LogP contribution in [-0.4, -0.2) is 16.8 Å². The minimum absolute atomic E-state index is 0.214. The van der Waals surface area contributed by atoms with Crippen LogP contribution >= 0.6 is 0 Å². The molecule has 0 atom stereocenters. The van der Waals surface area contributed by atoms with Crippen molar-refractivity contribution < 1.29 is 14.9 Å². The zero-order chi connectivity index (χ0) is 18.1. The summed E-state index contributed by atoms with van der Waals surface area (Å²) in [7, 11) is 0. The number of aromatic hydroxyl groups is 1. The Hall–Kier alpha value is -2.00. The highest BCUT2D eigenvalue weighted by molar-refractivity contribution is 5.48. The van der Waals surface area contributed by atoms with Crippen molar-refractivity contribution in [2.75, 3.05) is 6.61 Å². The molecule has 0 unspecified atom stereocenters. The zero-order valence-electron chi connectivity index (χ0n) is 15.5. The van der Waals surface area contributed by atoms with Crippen molar-refractivity contribution in [1.29, 1.82) is 0 Å². The summed E-state index contributed by atoms with van der Waals surface area (Å²) >= 11 is 0. The molecular formula is C21H30O3. The van der Waals surface area contributed by atoms with E-state index in [9.17, 15) is 5.11 Å². The third kappa shape index (κ3) is 5.27. The predicted octanol–water partition coefficient (Wildman–Crippen LogP) is 5.31. The molecule has 3 heteroatoms. The molecular weight excluding hydrogens is 300 g/mol. The van der Waals surface area contributed by atoms with Crippen molar-refractivity contribution in [2.24, 2.45) is 0 Å². The van der Waals surface area contributed by atoms with Gasteiger partial charge in [-0.25, -0.2) is 0 Å². The van der Waals surface area contributed by atoms with E-state index < -0.39 is 0 Å². The van der Waals surface area contributed by atoms with Gasteiger partial charge in [-0.2, -0.15) is 0 Å². The highest BCUT2D eigenvalue weighted by Crippen LogP contribution is 2.33. The molecule has 2 rings (SSSR count). The Labute approximate surface area is 145 Å². The Bertz CT molecular complexity index is 648. The van der Waals surface area contributed by atoms with Crippen LogP contribution in [0, 0.1) is 13.8 Å². The molecule has 3 nitrogen and oxygen atoms in total. The summed E-state index contributed by atoms with van der Waals surface area (Å²) in [6, 6.07) is 9.55. The molecule has 0 saturated heterocycles. The molecule has 2 aromatic rings. The lowest BCUT2D eigenvalue weighted by atomic mass is 10.00. The Morgan fingerprint density at radius 3 is 2.29 bits per heavy atom. The van der Waals surface area contributed by atoms with E-state index >= 15 is 0 Å². The molecule has 0 fully saturated rings. The van der Waals surface area contributed by atoms with Crippen LogP contribution in [0.15, 0.2) is 30.3 Å². The van der Waals surface area contributed by atoms with Crippen LogP contribution in [0.3, 0.4) is 0 Å². The summed E-state index contributed by atoms with van der Waals surface area (Å²) in [5.41, 5.74) is 4.29. The number of aryl methyl sites for hydroxylation is 4. The smallest absolute Gasteiger partial charge is 0.133 e. The van der Waals surface area contributed by atoms with Gasteiger partial charge in [0.15, 0.2) is 0 Å². The summed E-state index contributed by atoms with van der Waals surface area (Å²) in [5, 5.41) is 18.6. The van der Waals surface area contributed by atoms with Gasteiger partial charge in [-0.3, -0.25) is 0 Å². The fourth-order valence-electron chi connectivity index (χ4n) is 2.57. The van der Waals surface area contributed by atoms with Gasteiger partial charge in [-0.1, -0.05) is 32.9 Å².